The fourth-order valence-electron chi connectivity index (χ4n) is 4.80. The Bertz CT molecular complexity index is 1270. The molecule has 2 aromatic carbocycles. The van der Waals surface area contributed by atoms with Crippen LogP contribution in [0.4, 0.5) is 16.2 Å². The van der Waals surface area contributed by atoms with Gasteiger partial charge < -0.3 is 30.5 Å². The number of nitrogens with zero attached hydrogens (tertiary/aromatic N) is 3. The quantitative estimate of drug-likeness (QED) is 0.481. The lowest BCUT2D eigenvalue weighted by molar-refractivity contribution is -0.0456. The molecule has 0 aromatic heterocycles. The predicted molar refractivity (Wildman–Crippen MR) is 158 cm³/mol. The van der Waals surface area contributed by atoms with Gasteiger partial charge in [0.05, 0.1) is 31.6 Å². The van der Waals surface area contributed by atoms with Gasteiger partial charge in [0.1, 0.15) is 0 Å². The highest BCUT2D eigenvalue weighted by Crippen LogP contribution is 2.39. The SMILES string of the molecule is CON1C=C(c2ccc(NC(=O)Nc3ccc(C(=O)N4CCNC(C)(C)C4)cc3)cc2)SC(N2CCOCC2)=C1. The number of carbonyl (C=O) groups is 2. The van der Waals surface area contributed by atoms with Crippen LogP contribution >= 0.6 is 11.8 Å². The summed E-state index contributed by atoms with van der Waals surface area (Å²) in [5.41, 5.74) is 2.80. The van der Waals surface area contributed by atoms with Crippen molar-refractivity contribution in [2.45, 2.75) is 19.4 Å². The van der Waals surface area contributed by atoms with E-state index < -0.39 is 0 Å². The molecule has 3 amide bonds. The van der Waals surface area contributed by atoms with Crippen LogP contribution in [-0.2, 0) is 9.57 Å². The number of nitrogens with one attached hydrogen (secondary N) is 3. The van der Waals surface area contributed by atoms with Crippen molar-refractivity contribution in [3.63, 3.8) is 0 Å². The first-order chi connectivity index (χ1) is 19.3. The summed E-state index contributed by atoms with van der Waals surface area (Å²) in [6, 6.07) is 14.3. The summed E-state index contributed by atoms with van der Waals surface area (Å²) in [5.74, 6) is -0.00177. The van der Waals surface area contributed by atoms with Crippen LogP contribution in [-0.4, -0.2) is 85.4 Å². The summed E-state index contributed by atoms with van der Waals surface area (Å²) < 4.78 is 5.49. The van der Waals surface area contributed by atoms with Gasteiger partial charge in [-0.2, -0.15) is 0 Å². The molecule has 3 heterocycles. The molecule has 3 aliphatic rings. The van der Waals surface area contributed by atoms with Crippen molar-refractivity contribution in [1.29, 1.82) is 0 Å². The third-order valence-electron chi connectivity index (χ3n) is 6.91. The zero-order valence-corrected chi connectivity index (χ0v) is 23.9. The fourth-order valence-corrected chi connectivity index (χ4v) is 5.90. The van der Waals surface area contributed by atoms with Crippen molar-refractivity contribution in [2.75, 3.05) is 63.7 Å². The summed E-state index contributed by atoms with van der Waals surface area (Å²) in [5, 5.41) is 11.9. The average Bonchev–Trinajstić information content (AvgIpc) is 2.97. The molecule has 3 aliphatic heterocycles. The molecule has 5 rings (SSSR count). The highest BCUT2D eigenvalue weighted by atomic mass is 32.2. The van der Waals surface area contributed by atoms with Crippen LogP contribution in [0.5, 0.6) is 0 Å². The van der Waals surface area contributed by atoms with Crippen molar-refractivity contribution in [3.8, 4) is 0 Å². The van der Waals surface area contributed by atoms with E-state index in [0.717, 1.165) is 35.1 Å². The molecule has 0 aliphatic carbocycles. The molecule has 0 saturated carbocycles. The lowest BCUT2D eigenvalue weighted by atomic mass is 10.0. The maximum absolute atomic E-state index is 12.9. The van der Waals surface area contributed by atoms with Gasteiger partial charge in [-0.25, -0.2) is 9.86 Å². The van der Waals surface area contributed by atoms with E-state index in [4.69, 9.17) is 9.57 Å². The number of carbonyl (C=O) groups excluding carboxylic acids is 2. The van der Waals surface area contributed by atoms with Crippen LogP contribution in [0.25, 0.3) is 4.91 Å². The lowest BCUT2D eigenvalue weighted by Crippen LogP contribution is -2.58. The van der Waals surface area contributed by atoms with Gasteiger partial charge in [-0.3, -0.25) is 9.63 Å². The number of benzene rings is 2. The van der Waals surface area contributed by atoms with Gasteiger partial charge in [-0.05, 0) is 55.8 Å². The predicted octanol–water partition coefficient (Wildman–Crippen LogP) is 4.19. The zero-order chi connectivity index (χ0) is 28.1. The number of hydrogen-bond donors (Lipinski definition) is 3. The van der Waals surface area contributed by atoms with E-state index in [1.54, 1.807) is 48.2 Å². The van der Waals surface area contributed by atoms with Crippen LogP contribution in [0.1, 0.15) is 29.8 Å². The van der Waals surface area contributed by atoms with Gasteiger partial charge in [-0.1, -0.05) is 23.9 Å². The van der Waals surface area contributed by atoms with E-state index >= 15 is 0 Å². The number of anilines is 2. The Morgan fingerprint density at radius 2 is 1.60 bits per heavy atom. The van der Waals surface area contributed by atoms with Crippen molar-refractivity contribution >= 4 is 40.0 Å². The third-order valence-corrected chi connectivity index (χ3v) is 8.04. The van der Waals surface area contributed by atoms with Crippen molar-refractivity contribution in [2.24, 2.45) is 0 Å². The topological polar surface area (TPSA) is 98.4 Å². The average molecular weight is 565 g/mol. The number of rotatable bonds is 6. The Morgan fingerprint density at radius 1 is 0.950 bits per heavy atom. The maximum Gasteiger partial charge on any atom is 0.323 e. The molecule has 0 spiro atoms. The van der Waals surface area contributed by atoms with Crippen LogP contribution in [0.15, 0.2) is 66.0 Å². The van der Waals surface area contributed by atoms with Gasteiger partial charge in [0.25, 0.3) is 5.91 Å². The van der Waals surface area contributed by atoms with Gasteiger partial charge >= 0.3 is 6.03 Å². The molecule has 40 heavy (non-hydrogen) atoms. The monoisotopic (exact) mass is 564 g/mol. The second-order valence-electron chi connectivity index (χ2n) is 10.5. The number of morpholine rings is 1. The van der Waals surface area contributed by atoms with Crippen molar-refractivity contribution < 1.29 is 19.2 Å². The maximum atomic E-state index is 12.9. The molecule has 0 radical (unpaired) electrons. The van der Waals surface area contributed by atoms with Crippen LogP contribution in [0, 0.1) is 0 Å². The van der Waals surface area contributed by atoms with Crippen LogP contribution < -0.4 is 16.0 Å². The van der Waals surface area contributed by atoms with E-state index in [2.05, 4.69) is 34.7 Å². The summed E-state index contributed by atoms with van der Waals surface area (Å²) in [6.45, 7) is 9.39. The summed E-state index contributed by atoms with van der Waals surface area (Å²) in [4.78, 5) is 36.2. The first-order valence-corrected chi connectivity index (χ1v) is 14.2. The summed E-state index contributed by atoms with van der Waals surface area (Å²) in [7, 11) is 1.64. The number of thioether (sulfide) groups is 1. The van der Waals surface area contributed by atoms with Gasteiger partial charge in [-0.15, -0.1) is 0 Å². The second kappa shape index (κ2) is 12.3. The third kappa shape index (κ3) is 6.97. The first-order valence-electron chi connectivity index (χ1n) is 13.4. The first kappa shape index (κ1) is 28.0. The molecular formula is C29H36N6O4S. The molecule has 212 valence electrons. The van der Waals surface area contributed by atoms with Gasteiger partial charge in [0.2, 0.25) is 0 Å². The molecule has 2 aromatic rings. The number of urea groups is 1. The molecule has 0 unspecified atom stereocenters. The lowest BCUT2D eigenvalue weighted by Gasteiger charge is -2.39. The minimum absolute atomic E-state index is 0.00177. The Labute approximate surface area is 239 Å². The summed E-state index contributed by atoms with van der Waals surface area (Å²) in [6.07, 6.45) is 3.93. The van der Waals surface area contributed by atoms with E-state index in [1.165, 1.54) is 0 Å². The minimum atomic E-state index is -0.356. The standard InChI is InChI=1S/C29H36N6O4S/c1-29(2)20-34(13-12-30-29)27(36)22-6-10-24(11-7-22)32-28(37)31-23-8-4-21(5-9-23)25-18-35(38-3)19-26(40-25)33-14-16-39-17-15-33/h4-11,18-19,30H,12-17,20H2,1-3H3,(H2,31,32,37). The largest absolute Gasteiger partial charge is 0.378 e. The van der Waals surface area contributed by atoms with E-state index in [-0.39, 0.29) is 17.5 Å². The Balaban J connectivity index is 1.16. The second-order valence-corrected chi connectivity index (χ2v) is 11.5. The van der Waals surface area contributed by atoms with Crippen molar-refractivity contribution in [3.05, 3.63) is 77.1 Å². The normalized spacial score (nSPS) is 19.0. The van der Waals surface area contributed by atoms with E-state index in [9.17, 15) is 9.59 Å². The zero-order valence-electron chi connectivity index (χ0n) is 23.1. The van der Waals surface area contributed by atoms with Gasteiger partial charge in [0, 0.05) is 66.3 Å². The smallest absolute Gasteiger partial charge is 0.323 e. The molecule has 10 nitrogen and oxygen atoms in total. The molecular weight excluding hydrogens is 528 g/mol. The van der Waals surface area contributed by atoms with E-state index in [1.807, 2.05) is 41.6 Å². The molecule has 0 bridgehead atoms. The van der Waals surface area contributed by atoms with Crippen LogP contribution in [0.3, 0.4) is 0 Å². The number of hydroxylamine groups is 2. The Morgan fingerprint density at radius 3 is 2.23 bits per heavy atom. The minimum Gasteiger partial charge on any atom is -0.378 e. The van der Waals surface area contributed by atoms with E-state index in [0.29, 0.717) is 43.2 Å². The Hall–Kier alpha value is -3.51. The number of hydrogen-bond acceptors (Lipinski definition) is 8. The van der Waals surface area contributed by atoms with Crippen molar-refractivity contribution in [1.82, 2.24) is 20.2 Å². The molecule has 2 saturated heterocycles. The molecule has 11 heteroatoms. The molecule has 0 atom stereocenters. The highest BCUT2D eigenvalue weighted by Gasteiger charge is 2.29. The Kier molecular flexibility index (Phi) is 8.65. The molecule has 2 fully saturated rings. The fraction of sp³-hybridized carbons (Fsp3) is 0.379. The number of amides is 3. The summed E-state index contributed by atoms with van der Waals surface area (Å²) >= 11 is 1.68. The number of ether oxygens (including phenoxy) is 1. The number of piperazine rings is 1. The van der Waals surface area contributed by atoms with Gasteiger partial charge in [0.15, 0.2) is 0 Å². The molecule has 3 N–H and O–H groups in total. The highest BCUT2D eigenvalue weighted by molar-refractivity contribution is 8.11. The van der Waals surface area contributed by atoms with Crippen LogP contribution in [0.2, 0.25) is 0 Å².